The smallest absolute Gasteiger partial charge is 0.266 e. The van der Waals surface area contributed by atoms with Crippen molar-refractivity contribution in [2.75, 3.05) is 0 Å². The van der Waals surface area contributed by atoms with Crippen molar-refractivity contribution in [1.82, 2.24) is 14.5 Å². The van der Waals surface area contributed by atoms with E-state index >= 15 is 0 Å². The summed E-state index contributed by atoms with van der Waals surface area (Å²) in [4.78, 5) is 22.4. The molecule has 160 valence electrons. The number of para-hydroxylation sites is 1. The molecular formula is C25H15ClN4O2S. The molecule has 5 aromatic rings. The van der Waals surface area contributed by atoms with E-state index in [1.165, 1.54) is 11.8 Å². The fourth-order valence-corrected chi connectivity index (χ4v) is 4.37. The van der Waals surface area contributed by atoms with Crippen molar-refractivity contribution < 1.29 is 4.42 Å². The minimum atomic E-state index is -0.179. The van der Waals surface area contributed by atoms with Crippen LogP contribution in [0.1, 0.15) is 11.5 Å². The van der Waals surface area contributed by atoms with Gasteiger partial charge < -0.3 is 4.42 Å². The van der Waals surface area contributed by atoms with E-state index in [2.05, 4.69) is 11.1 Å². The van der Waals surface area contributed by atoms with Crippen LogP contribution in [0.25, 0.3) is 27.9 Å². The summed E-state index contributed by atoms with van der Waals surface area (Å²) < 4.78 is 7.45. The normalized spacial score (nSPS) is 10.9. The number of nitrogens with zero attached hydrogens (tertiary/aromatic N) is 4. The zero-order valence-corrected chi connectivity index (χ0v) is 18.7. The first-order valence-electron chi connectivity index (χ1n) is 9.98. The fraction of sp³-hybridized carbons (Fsp3) is 0.0400. The minimum absolute atomic E-state index is 0.179. The van der Waals surface area contributed by atoms with E-state index in [1.807, 2.05) is 30.3 Å². The molecule has 33 heavy (non-hydrogen) atoms. The van der Waals surface area contributed by atoms with Gasteiger partial charge in [0.05, 0.1) is 40.2 Å². The predicted molar refractivity (Wildman–Crippen MR) is 129 cm³/mol. The van der Waals surface area contributed by atoms with Crippen LogP contribution in [-0.2, 0) is 5.75 Å². The molecule has 0 fully saturated rings. The molecular weight excluding hydrogens is 456 g/mol. The molecule has 0 radical (unpaired) electrons. The summed E-state index contributed by atoms with van der Waals surface area (Å²) in [5.41, 5.74) is 2.46. The molecule has 0 saturated carbocycles. The maximum atomic E-state index is 13.3. The van der Waals surface area contributed by atoms with E-state index in [0.717, 1.165) is 5.56 Å². The van der Waals surface area contributed by atoms with E-state index in [-0.39, 0.29) is 5.56 Å². The van der Waals surface area contributed by atoms with Crippen LogP contribution in [0.2, 0.25) is 5.02 Å². The van der Waals surface area contributed by atoms with Crippen LogP contribution in [0.3, 0.4) is 0 Å². The molecule has 0 amide bonds. The van der Waals surface area contributed by atoms with E-state index in [0.29, 0.717) is 49.7 Å². The summed E-state index contributed by atoms with van der Waals surface area (Å²) in [7, 11) is 0. The number of rotatable bonds is 5. The van der Waals surface area contributed by atoms with E-state index in [4.69, 9.17) is 26.3 Å². The van der Waals surface area contributed by atoms with Crippen LogP contribution in [0.4, 0.5) is 0 Å². The summed E-state index contributed by atoms with van der Waals surface area (Å²) in [5.74, 6) is 1.53. The molecule has 0 N–H and O–H groups in total. The third kappa shape index (κ3) is 4.27. The number of hydrogen-bond acceptors (Lipinski definition) is 6. The Kier molecular flexibility index (Phi) is 5.69. The second kappa shape index (κ2) is 8.94. The van der Waals surface area contributed by atoms with Gasteiger partial charge >= 0.3 is 0 Å². The van der Waals surface area contributed by atoms with Gasteiger partial charge in [-0.1, -0.05) is 35.5 Å². The van der Waals surface area contributed by atoms with Gasteiger partial charge in [-0.15, -0.1) is 0 Å². The number of thioether (sulfide) groups is 1. The Morgan fingerprint density at radius 3 is 2.55 bits per heavy atom. The lowest BCUT2D eigenvalue weighted by atomic mass is 10.2. The van der Waals surface area contributed by atoms with Gasteiger partial charge in [-0.2, -0.15) is 5.26 Å². The van der Waals surface area contributed by atoms with Gasteiger partial charge in [0.15, 0.2) is 10.9 Å². The van der Waals surface area contributed by atoms with Gasteiger partial charge in [0, 0.05) is 10.6 Å². The van der Waals surface area contributed by atoms with Crippen LogP contribution in [0.15, 0.2) is 93.4 Å². The molecule has 3 aromatic carbocycles. The van der Waals surface area contributed by atoms with Gasteiger partial charge in [-0.25, -0.2) is 9.97 Å². The van der Waals surface area contributed by atoms with E-state index in [1.54, 1.807) is 53.2 Å². The SMILES string of the molecule is N#Cc1ccc(-n2c(SCc3ncc(-c4ccc(Cl)cc4)o3)nc3ccccc3c2=O)cc1. The molecule has 2 heterocycles. The third-order valence-electron chi connectivity index (χ3n) is 5.01. The number of nitriles is 1. The van der Waals surface area contributed by atoms with Gasteiger partial charge in [0.2, 0.25) is 5.89 Å². The molecule has 0 atom stereocenters. The van der Waals surface area contributed by atoms with Gasteiger partial charge in [-0.3, -0.25) is 9.36 Å². The Balaban J connectivity index is 1.50. The molecule has 0 spiro atoms. The Morgan fingerprint density at radius 1 is 1.03 bits per heavy atom. The lowest BCUT2D eigenvalue weighted by Crippen LogP contribution is -2.21. The van der Waals surface area contributed by atoms with Crippen LogP contribution >= 0.6 is 23.4 Å². The van der Waals surface area contributed by atoms with Crippen molar-refractivity contribution in [1.29, 1.82) is 5.26 Å². The van der Waals surface area contributed by atoms with E-state index < -0.39 is 0 Å². The Labute approximate surface area is 198 Å². The quantitative estimate of drug-likeness (QED) is 0.236. The zero-order valence-electron chi connectivity index (χ0n) is 17.1. The highest BCUT2D eigenvalue weighted by molar-refractivity contribution is 7.98. The summed E-state index contributed by atoms with van der Waals surface area (Å²) in [5, 5.41) is 10.8. The average Bonchev–Trinajstić information content (AvgIpc) is 3.32. The van der Waals surface area contributed by atoms with Crippen molar-refractivity contribution in [3.63, 3.8) is 0 Å². The average molecular weight is 471 g/mol. The molecule has 0 bridgehead atoms. The topological polar surface area (TPSA) is 84.7 Å². The number of oxazole rings is 1. The number of fused-ring (bicyclic) bond motifs is 1. The lowest BCUT2D eigenvalue weighted by Gasteiger charge is -2.12. The maximum Gasteiger partial charge on any atom is 0.266 e. The maximum absolute atomic E-state index is 13.3. The molecule has 6 nitrogen and oxygen atoms in total. The lowest BCUT2D eigenvalue weighted by molar-refractivity contribution is 0.529. The van der Waals surface area contributed by atoms with Crippen molar-refractivity contribution in [3.8, 4) is 23.1 Å². The van der Waals surface area contributed by atoms with Crippen LogP contribution in [-0.4, -0.2) is 14.5 Å². The highest BCUT2D eigenvalue weighted by Crippen LogP contribution is 2.27. The molecule has 8 heteroatoms. The van der Waals surface area contributed by atoms with Crippen molar-refractivity contribution >= 4 is 34.3 Å². The van der Waals surface area contributed by atoms with Crippen LogP contribution < -0.4 is 5.56 Å². The Bertz CT molecular complexity index is 1550. The highest BCUT2D eigenvalue weighted by atomic mass is 35.5. The van der Waals surface area contributed by atoms with Gasteiger partial charge in [0.25, 0.3) is 5.56 Å². The standard InChI is InChI=1S/C25H15ClN4O2S/c26-18-9-7-17(8-10-18)22-14-28-23(32-22)15-33-25-29-21-4-2-1-3-20(21)24(31)30(25)19-11-5-16(13-27)6-12-19/h1-12,14H,15H2. The summed E-state index contributed by atoms with van der Waals surface area (Å²) in [6, 6.07) is 23.5. The number of aromatic nitrogens is 3. The van der Waals surface area contributed by atoms with Crippen molar-refractivity contribution in [3.05, 3.63) is 106 Å². The molecule has 0 aliphatic heterocycles. The molecule has 0 saturated heterocycles. The number of halogens is 1. The molecule has 0 aliphatic rings. The second-order valence-electron chi connectivity index (χ2n) is 7.12. The van der Waals surface area contributed by atoms with Gasteiger partial charge in [0.1, 0.15) is 0 Å². The van der Waals surface area contributed by atoms with Gasteiger partial charge in [-0.05, 0) is 60.7 Å². The van der Waals surface area contributed by atoms with Crippen LogP contribution in [0, 0.1) is 11.3 Å². The molecule has 5 rings (SSSR count). The van der Waals surface area contributed by atoms with Crippen molar-refractivity contribution in [2.24, 2.45) is 0 Å². The van der Waals surface area contributed by atoms with Crippen LogP contribution in [0.5, 0.6) is 0 Å². The first kappa shape index (κ1) is 21.0. The minimum Gasteiger partial charge on any atom is -0.440 e. The second-order valence-corrected chi connectivity index (χ2v) is 8.50. The Hall–Kier alpha value is -3.86. The largest absolute Gasteiger partial charge is 0.440 e. The summed E-state index contributed by atoms with van der Waals surface area (Å²) >= 11 is 7.31. The molecule has 0 unspecified atom stereocenters. The molecule has 0 aliphatic carbocycles. The highest BCUT2D eigenvalue weighted by Gasteiger charge is 2.15. The number of hydrogen-bond donors (Lipinski definition) is 0. The number of benzene rings is 3. The zero-order chi connectivity index (χ0) is 22.8. The third-order valence-corrected chi connectivity index (χ3v) is 6.18. The Morgan fingerprint density at radius 2 is 1.79 bits per heavy atom. The first-order chi connectivity index (χ1) is 16.1. The summed E-state index contributed by atoms with van der Waals surface area (Å²) in [6.45, 7) is 0. The molecule has 2 aromatic heterocycles. The first-order valence-corrected chi connectivity index (χ1v) is 11.3. The van der Waals surface area contributed by atoms with Crippen molar-refractivity contribution in [2.45, 2.75) is 10.9 Å². The van der Waals surface area contributed by atoms with E-state index in [9.17, 15) is 4.79 Å². The predicted octanol–water partition coefficient (Wildman–Crippen LogP) is 5.86. The fourth-order valence-electron chi connectivity index (χ4n) is 3.37. The summed E-state index contributed by atoms with van der Waals surface area (Å²) in [6.07, 6.45) is 1.67. The monoisotopic (exact) mass is 470 g/mol.